The summed E-state index contributed by atoms with van der Waals surface area (Å²) in [6, 6.07) is 7.53. The molecule has 0 aliphatic carbocycles. The molecule has 0 fully saturated rings. The lowest BCUT2D eigenvalue weighted by Crippen LogP contribution is -2.29. The molecule has 0 atom stereocenters. The van der Waals surface area contributed by atoms with E-state index < -0.39 is 0 Å². The SMILES string of the molecule is CC(=O)CC(=O)N(C)CCc1ccc(Cl)cc1. The summed E-state index contributed by atoms with van der Waals surface area (Å²) in [6.07, 6.45) is 0.744. The number of halogens is 1. The molecule has 0 aliphatic heterocycles. The van der Waals surface area contributed by atoms with Crippen LogP contribution in [0.1, 0.15) is 18.9 Å². The Labute approximate surface area is 106 Å². The number of hydrogen-bond donors (Lipinski definition) is 0. The van der Waals surface area contributed by atoms with Crippen molar-refractivity contribution in [3.63, 3.8) is 0 Å². The highest BCUT2D eigenvalue weighted by Crippen LogP contribution is 2.10. The first kappa shape index (κ1) is 13.7. The van der Waals surface area contributed by atoms with Gasteiger partial charge in [-0.25, -0.2) is 0 Å². The van der Waals surface area contributed by atoms with Crippen molar-refractivity contribution in [2.45, 2.75) is 19.8 Å². The average molecular weight is 254 g/mol. The lowest BCUT2D eigenvalue weighted by molar-refractivity contribution is -0.133. The van der Waals surface area contributed by atoms with E-state index in [1.807, 2.05) is 24.3 Å². The van der Waals surface area contributed by atoms with E-state index in [-0.39, 0.29) is 18.1 Å². The van der Waals surface area contributed by atoms with Gasteiger partial charge in [0.2, 0.25) is 5.91 Å². The van der Waals surface area contributed by atoms with E-state index in [0.29, 0.717) is 11.6 Å². The number of ketones is 1. The lowest BCUT2D eigenvalue weighted by atomic mass is 10.1. The second-order valence-electron chi connectivity index (χ2n) is 4.07. The van der Waals surface area contributed by atoms with Gasteiger partial charge in [0, 0.05) is 18.6 Å². The molecule has 0 aromatic heterocycles. The van der Waals surface area contributed by atoms with Crippen LogP contribution in [-0.4, -0.2) is 30.2 Å². The Morgan fingerprint density at radius 1 is 1.24 bits per heavy atom. The zero-order valence-electron chi connectivity index (χ0n) is 10.1. The summed E-state index contributed by atoms with van der Waals surface area (Å²) < 4.78 is 0. The molecule has 0 aliphatic rings. The lowest BCUT2D eigenvalue weighted by Gasteiger charge is -2.16. The Bertz CT molecular complexity index is 400. The zero-order valence-corrected chi connectivity index (χ0v) is 10.8. The number of carbonyl (C=O) groups excluding carboxylic acids is 2. The van der Waals surface area contributed by atoms with Crippen molar-refractivity contribution in [3.05, 3.63) is 34.9 Å². The maximum Gasteiger partial charge on any atom is 0.229 e. The molecule has 0 saturated carbocycles. The Morgan fingerprint density at radius 3 is 2.35 bits per heavy atom. The van der Waals surface area contributed by atoms with Crippen LogP contribution in [0, 0.1) is 0 Å². The summed E-state index contributed by atoms with van der Waals surface area (Å²) in [4.78, 5) is 23.9. The van der Waals surface area contributed by atoms with Gasteiger partial charge < -0.3 is 4.90 Å². The molecule has 17 heavy (non-hydrogen) atoms. The largest absolute Gasteiger partial charge is 0.345 e. The third-order valence-corrected chi connectivity index (χ3v) is 2.73. The quantitative estimate of drug-likeness (QED) is 0.756. The number of likely N-dealkylation sites (N-methyl/N-ethyl adjacent to an activating group) is 1. The van der Waals surface area contributed by atoms with Gasteiger partial charge in [0.15, 0.2) is 0 Å². The van der Waals surface area contributed by atoms with Crippen molar-refractivity contribution >= 4 is 23.3 Å². The molecule has 0 spiro atoms. The Morgan fingerprint density at radius 2 is 1.82 bits per heavy atom. The molecule has 0 saturated heterocycles. The third-order valence-electron chi connectivity index (χ3n) is 2.48. The maximum absolute atomic E-state index is 11.5. The normalized spacial score (nSPS) is 10.1. The van der Waals surface area contributed by atoms with Crippen molar-refractivity contribution in [2.75, 3.05) is 13.6 Å². The van der Waals surface area contributed by atoms with Crippen molar-refractivity contribution in [1.82, 2.24) is 4.90 Å². The minimum Gasteiger partial charge on any atom is -0.345 e. The number of carbonyl (C=O) groups is 2. The zero-order chi connectivity index (χ0) is 12.8. The minimum absolute atomic E-state index is 0.0167. The second kappa shape index (κ2) is 6.40. The van der Waals surface area contributed by atoms with Gasteiger partial charge in [-0.1, -0.05) is 23.7 Å². The van der Waals surface area contributed by atoms with Crippen LogP contribution in [-0.2, 0) is 16.0 Å². The molecule has 0 heterocycles. The fourth-order valence-corrected chi connectivity index (χ4v) is 1.55. The summed E-state index contributed by atoms with van der Waals surface area (Å²) >= 11 is 5.78. The monoisotopic (exact) mass is 253 g/mol. The van der Waals surface area contributed by atoms with Crippen LogP contribution in [0.4, 0.5) is 0 Å². The molecule has 0 bridgehead atoms. The van der Waals surface area contributed by atoms with Crippen LogP contribution in [0.5, 0.6) is 0 Å². The third kappa shape index (κ3) is 5.00. The van der Waals surface area contributed by atoms with Crippen molar-refractivity contribution in [1.29, 1.82) is 0 Å². The molecule has 1 aromatic rings. The van der Waals surface area contributed by atoms with Gasteiger partial charge in [-0.2, -0.15) is 0 Å². The molecule has 1 amide bonds. The number of Topliss-reactive ketones (excluding diaryl/α,β-unsaturated/α-hetero) is 1. The predicted octanol–water partition coefficient (Wildman–Crippen LogP) is 2.32. The van der Waals surface area contributed by atoms with Crippen LogP contribution in [0.25, 0.3) is 0 Å². The standard InChI is InChI=1S/C13H16ClNO2/c1-10(16)9-13(17)15(2)8-7-11-3-5-12(14)6-4-11/h3-6H,7-9H2,1-2H3. The molecule has 1 rings (SSSR count). The van der Waals surface area contributed by atoms with Crippen LogP contribution in [0.15, 0.2) is 24.3 Å². The highest BCUT2D eigenvalue weighted by Gasteiger charge is 2.10. The Balaban J connectivity index is 2.42. The highest BCUT2D eigenvalue weighted by atomic mass is 35.5. The molecular formula is C13H16ClNO2. The van der Waals surface area contributed by atoms with E-state index >= 15 is 0 Å². The van der Waals surface area contributed by atoms with E-state index in [1.165, 1.54) is 6.92 Å². The molecule has 92 valence electrons. The summed E-state index contributed by atoms with van der Waals surface area (Å²) in [5.41, 5.74) is 1.12. The molecule has 3 nitrogen and oxygen atoms in total. The van der Waals surface area contributed by atoms with Gasteiger partial charge in [0.1, 0.15) is 5.78 Å². The predicted molar refractivity (Wildman–Crippen MR) is 68.1 cm³/mol. The van der Waals surface area contributed by atoms with E-state index in [2.05, 4.69) is 0 Å². The van der Waals surface area contributed by atoms with E-state index in [4.69, 9.17) is 11.6 Å². The fourth-order valence-electron chi connectivity index (χ4n) is 1.42. The van der Waals surface area contributed by atoms with Gasteiger partial charge in [-0.15, -0.1) is 0 Å². The summed E-state index contributed by atoms with van der Waals surface area (Å²) in [5.74, 6) is -0.236. The van der Waals surface area contributed by atoms with E-state index in [1.54, 1.807) is 11.9 Å². The van der Waals surface area contributed by atoms with Gasteiger partial charge in [0.05, 0.1) is 6.42 Å². The first-order chi connectivity index (χ1) is 7.99. The molecule has 1 aromatic carbocycles. The summed E-state index contributed by atoms with van der Waals surface area (Å²) in [5, 5.41) is 0.703. The van der Waals surface area contributed by atoms with Gasteiger partial charge in [0.25, 0.3) is 0 Å². The second-order valence-corrected chi connectivity index (χ2v) is 4.51. The number of hydrogen-bond acceptors (Lipinski definition) is 2. The fraction of sp³-hybridized carbons (Fsp3) is 0.385. The molecule has 0 unspecified atom stereocenters. The van der Waals surface area contributed by atoms with Crippen molar-refractivity contribution in [2.24, 2.45) is 0 Å². The van der Waals surface area contributed by atoms with Crippen LogP contribution in [0.2, 0.25) is 5.02 Å². The number of amides is 1. The number of benzene rings is 1. The average Bonchev–Trinajstić information content (AvgIpc) is 2.27. The van der Waals surface area contributed by atoms with E-state index in [0.717, 1.165) is 12.0 Å². The number of rotatable bonds is 5. The Kier molecular flexibility index (Phi) is 5.16. The molecule has 0 radical (unpaired) electrons. The first-order valence-corrected chi connectivity index (χ1v) is 5.84. The molecular weight excluding hydrogens is 238 g/mol. The highest BCUT2D eigenvalue weighted by molar-refractivity contribution is 6.30. The van der Waals surface area contributed by atoms with Gasteiger partial charge >= 0.3 is 0 Å². The summed E-state index contributed by atoms with van der Waals surface area (Å²) in [7, 11) is 1.71. The topological polar surface area (TPSA) is 37.4 Å². The van der Waals surface area contributed by atoms with Crippen molar-refractivity contribution < 1.29 is 9.59 Å². The molecule has 4 heteroatoms. The first-order valence-electron chi connectivity index (χ1n) is 5.47. The van der Waals surface area contributed by atoms with Crippen LogP contribution in [0.3, 0.4) is 0 Å². The minimum atomic E-state index is -0.133. The Hall–Kier alpha value is -1.35. The summed E-state index contributed by atoms with van der Waals surface area (Å²) in [6.45, 7) is 2.03. The van der Waals surface area contributed by atoms with Crippen molar-refractivity contribution in [3.8, 4) is 0 Å². The maximum atomic E-state index is 11.5. The smallest absolute Gasteiger partial charge is 0.229 e. The van der Waals surface area contributed by atoms with Crippen LogP contribution < -0.4 is 0 Å². The van der Waals surface area contributed by atoms with Gasteiger partial charge in [-0.3, -0.25) is 9.59 Å². The van der Waals surface area contributed by atoms with E-state index in [9.17, 15) is 9.59 Å². The van der Waals surface area contributed by atoms with Gasteiger partial charge in [-0.05, 0) is 31.0 Å². The van der Waals surface area contributed by atoms with Crippen LogP contribution >= 0.6 is 11.6 Å². The number of nitrogens with zero attached hydrogens (tertiary/aromatic N) is 1. The molecule has 0 N–H and O–H groups in total.